The smallest absolute Gasteiger partial charge is 0.343 e. The Morgan fingerprint density at radius 1 is 1.78 bits per heavy atom. The molecule has 0 aromatic rings. The minimum Gasteiger partial charge on any atom is -0.479 e. The van der Waals surface area contributed by atoms with Gasteiger partial charge < -0.3 is 14.9 Å². The maximum Gasteiger partial charge on any atom is 0.343 e. The van der Waals surface area contributed by atoms with Crippen LogP contribution in [0.2, 0.25) is 0 Å². The van der Waals surface area contributed by atoms with Crippen LogP contribution in [0.15, 0.2) is 0 Å². The van der Waals surface area contributed by atoms with E-state index in [0.717, 1.165) is 11.8 Å². The number of hydrogen-bond donors (Lipinski definition) is 2. The second-order valence-corrected chi connectivity index (χ2v) is 2.69. The van der Waals surface area contributed by atoms with Crippen LogP contribution in [0.4, 0.5) is 0 Å². The molecule has 5 heteroatoms. The van der Waals surface area contributed by atoms with Gasteiger partial charge in [0.2, 0.25) is 5.44 Å². The van der Waals surface area contributed by atoms with Crippen LogP contribution < -0.4 is 0 Å². The minimum atomic E-state index is -1.03. The van der Waals surface area contributed by atoms with E-state index in [1.165, 1.54) is 0 Å². The summed E-state index contributed by atoms with van der Waals surface area (Å²) in [5.74, 6) is -0.687. The number of rotatable bonds is 1. The molecule has 0 spiro atoms. The van der Waals surface area contributed by atoms with Crippen molar-refractivity contribution in [1.82, 2.24) is 0 Å². The first kappa shape index (κ1) is 6.85. The van der Waals surface area contributed by atoms with Gasteiger partial charge in [-0.3, -0.25) is 0 Å². The number of ether oxygens (including phenoxy) is 1. The summed E-state index contributed by atoms with van der Waals surface area (Å²) in [6, 6.07) is 0. The van der Waals surface area contributed by atoms with Crippen molar-refractivity contribution in [2.24, 2.45) is 0 Å². The quantitative estimate of drug-likeness (QED) is 0.526. The van der Waals surface area contributed by atoms with Crippen LogP contribution in [0.3, 0.4) is 0 Å². The van der Waals surface area contributed by atoms with Crippen molar-refractivity contribution in [1.29, 1.82) is 0 Å². The lowest BCUT2D eigenvalue weighted by molar-refractivity contribution is -0.154. The van der Waals surface area contributed by atoms with Crippen LogP contribution in [0.1, 0.15) is 0 Å². The summed E-state index contributed by atoms with van der Waals surface area (Å²) in [4.78, 5) is 10.1. The van der Waals surface area contributed by atoms with E-state index in [1.807, 2.05) is 0 Å². The van der Waals surface area contributed by atoms with E-state index >= 15 is 0 Å². The van der Waals surface area contributed by atoms with Crippen LogP contribution in [0, 0.1) is 0 Å². The zero-order chi connectivity index (χ0) is 6.85. The number of hydrogen-bond acceptors (Lipinski definition) is 4. The minimum absolute atomic E-state index is 0.344. The van der Waals surface area contributed by atoms with Gasteiger partial charge in [-0.2, -0.15) is 0 Å². The summed E-state index contributed by atoms with van der Waals surface area (Å²) < 4.78 is 4.54. The van der Waals surface area contributed by atoms with Crippen molar-refractivity contribution in [2.75, 3.05) is 5.75 Å². The first-order valence-corrected chi connectivity index (χ1v) is 3.43. The Balaban J connectivity index is 2.39. The molecule has 0 aliphatic carbocycles. The van der Waals surface area contributed by atoms with Gasteiger partial charge in [-0.1, -0.05) is 0 Å². The predicted molar refractivity (Wildman–Crippen MR) is 31.0 cm³/mol. The highest BCUT2D eigenvalue weighted by Gasteiger charge is 2.29. The van der Waals surface area contributed by atoms with E-state index in [1.54, 1.807) is 0 Å². The summed E-state index contributed by atoms with van der Waals surface area (Å²) in [5, 5.41) is 16.9. The lowest BCUT2D eigenvalue weighted by atomic mass is 10.7. The monoisotopic (exact) mass is 150 g/mol. The topological polar surface area (TPSA) is 66.8 Å². The van der Waals surface area contributed by atoms with E-state index in [4.69, 9.17) is 10.2 Å². The van der Waals surface area contributed by atoms with Gasteiger partial charge in [0, 0.05) is 5.75 Å². The van der Waals surface area contributed by atoms with Gasteiger partial charge in [-0.25, -0.2) is 4.79 Å². The largest absolute Gasteiger partial charge is 0.479 e. The third kappa shape index (κ3) is 1.57. The van der Waals surface area contributed by atoms with E-state index in [9.17, 15) is 4.79 Å². The number of carbonyl (C=O) groups is 1. The van der Waals surface area contributed by atoms with Gasteiger partial charge in [0.15, 0.2) is 6.29 Å². The van der Waals surface area contributed by atoms with E-state index in [0.29, 0.717) is 5.75 Å². The Labute approximate surface area is 55.8 Å². The lowest BCUT2D eigenvalue weighted by Gasteiger charge is -2.01. The molecule has 9 heavy (non-hydrogen) atoms. The van der Waals surface area contributed by atoms with Crippen molar-refractivity contribution in [3.05, 3.63) is 0 Å². The molecule has 0 aromatic carbocycles. The van der Waals surface area contributed by atoms with Crippen LogP contribution in [0.5, 0.6) is 0 Å². The molecular formula is C4H6O4S. The summed E-state index contributed by atoms with van der Waals surface area (Å²) in [6.07, 6.45) is -0.906. The molecule has 2 atom stereocenters. The van der Waals surface area contributed by atoms with E-state index in [-0.39, 0.29) is 0 Å². The molecule has 0 aromatic heterocycles. The molecule has 2 N–H and O–H groups in total. The second-order valence-electron chi connectivity index (χ2n) is 1.59. The molecule has 1 aliphatic rings. The highest BCUT2D eigenvalue weighted by Crippen LogP contribution is 2.23. The number of thioether (sulfide) groups is 1. The molecule has 1 heterocycles. The van der Waals surface area contributed by atoms with Crippen LogP contribution in [-0.2, 0) is 9.53 Å². The van der Waals surface area contributed by atoms with Crippen molar-refractivity contribution in [3.8, 4) is 0 Å². The number of aliphatic hydroxyl groups is 1. The average Bonchev–Trinajstić information content (AvgIpc) is 2.14. The van der Waals surface area contributed by atoms with E-state index < -0.39 is 17.7 Å². The number of aliphatic carboxylic acids is 1. The molecule has 0 radical (unpaired) electrons. The third-order valence-electron chi connectivity index (χ3n) is 0.872. The highest BCUT2D eigenvalue weighted by atomic mass is 32.2. The van der Waals surface area contributed by atoms with Crippen molar-refractivity contribution >= 4 is 17.7 Å². The second kappa shape index (κ2) is 2.55. The predicted octanol–water partition coefficient (Wildman–Crippen LogP) is -0.521. The molecule has 0 saturated carbocycles. The third-order valence-corrected chi connectivity index (χ3v) is 1.97. The number of carboxylic acid groups (broad SMARTS) is 1. The molecule has 1 fully saturated rings. The normalized spacial score (nSPS) is 34.8. The SMILES string of the molecule is O=C(O)[C@H]1OC(O)CS1. The summed E-state index contributed by atoms with van der Waals surface area (Å²) >= 11 is 1.09. The molecular weight excluding hydrogens is 144 g/mol. The van der Waals surface area contributed by atoms with Crippen LogP contribution in [0.25, 0.3) is 0 Å². The molecule has 1 saturated heterocycles. The van der Waals surface area contributed by atoms with Crippen molar-refractivity contribution < 1.29 is 19.7 Å². The van der Waals surface area contributed by atoms with Gasteiger partial charge in [-0.05, 0) is 0 Å². The zero-order valence-electron chi connectivity index (χ0n) is 4.48. The fourth-order valence-electron chi connectivity index (χ4n) is 0.520. The Hall–Kier alpha value is -0.260. The van der Waals surface area contributed by atoms with Gasteiger partial charge in [0.1, 0.15) is 0 Å². The van der Waals surface area contributed by atoms with Crippen LogP contribution >= 0.6 is 11.8 Å². The number of carboxylic acids is 1. The van der Waals surface area contributed by atoms with Gasteiger partial charge in [0.25, 0.3) is 0 Å². The maximum absolute atomic E-state index is 10.1. The molecule has 4 nitrogen and oxygen atoms in total. The molecule has 52 valence electrons. The molecule has 1 rings (SSSR count). The fraction of sp³-hybridized carbons (Fsp3) is 0.750. The Morgan fingerprint density at radius 2 is 2.44 bits per heavy atom. The van der Waals surface area contributed by atoms with Gasteiger partial charge in [-0.15, -0.1) is 11.8 Å². The summed E-state index contributed by atoms with van der Waals surface area (Å²) in [6.45, 7) is 0. The zero-order valence-corrected chi connectivity index (χ0v) is 5.30. The first-order chi connectivity index (χ1) is 4.20. The summed E-state index contributed by atoms with van der Waals surface area (Å²) in [5.41, 5.74) is -0.875. The Kier molecular flexibility index (Phi) is 1.94. The van der Waals surface area contributed by atoms with Crippen molar-refractivity contribution in [3.63, 3.8) is 0 Å². The maximum atomic E-state index is 10.1. The average molecular weight is 150 g/mol. The van der Waals surface area contributed by atoms with E-state index in [2.05, 4.69) is 4.74 Å². The van der Waals surface area contributed by atoms with Crippen molar-refractivity contribution in [2.45, 2.75) is 11.7 Å². The molecule has 1 aliphatic heterocycles. The Morgan fingerprint density at radius 3 is 2.67 bits per heavy atom. The van der Waals surface area contributed by atoms with Gasteiger partial charge in [0.05, 0.1) is 0 Å². The van der Waals surface area contributed by atoms with Gasteiger partial charge >= 0.3 is 5.97 Å². The molecule has 1 unspecified atom stereocenters. The van der Waals surface area contributed by atoms with Crippen LogP contribution in [-0.4, -0.2) is 33.7 Å². The molecule has 0 amide bonds. The highest BCUT2D eigenvalue weighted by molar-refractivity contribution is 8.00. The first-order valence-electron chi connectivity index (χ1n) is 2.38. The molecule has 0 bridgehead atoms. The summed E-state index contributed by atoms with van der Waals surface area (Å²) in [7, 11) is 0. The Bertz CT molecular complexity index is 126. The lowest BCUT2D eigenvalue weighted by Crippen LogP contribution is -2.18. The standard InChI is InChI=1S/C4H6O4S/c5-2-1-9-4(8-2)3(6)7/h2,4-5H,1H2,(H,6,7)/t2?,4-/m0/s1. The number of aliphatic hydroxyl groups excluding tert-OH is 1. The fourth-order valence-corrected chi connectivity index (χ4v) is 1.29.